The van der Waals surface area contributed by atoms with Crippen molar-refractivity contribution in [2.24, 2.45) is 5.73 Å². The smallest absolute Gasteiger partial charge is 0.254 e. The van der Waals surface area contributed by atoms with Crippen molar-refractivity contribution in [3.8, 4) is 0 Å². The lowest BCUT2D eigenvalue weighted by atomic mass is 10.2. The second-order valence-electron chi connectivity index (χ2n) is 5.31. The maximum atomic E-state index is 12.1. The van der Waals surface area contributed by atoms with Crippen molar-refractivity contribution in [3.05, 3.63) is 53.3 Å². The topological polar surface area (TPSA) is 72.9 Å². The highest BCUT2D eigenvalue weighted by Crippen LogP contribution is 2.10. The number of nitrogens with two attached hydrogens (primary N) is 1. The Labute approximate surface area is 137 Å². The first-order valence-electron chi connectivity index (χ1n) is 7.18. The Kier molecular flexibility index (Phi) is 7.08. The van der Waals surface area contributed by atoms with Crippen LogP contribution in [0.25, 0.3) is 0 Å². The molecule has 2 aromatic rings. The molecule has 0 aliphatic rings. The minimum absolute atomic E-state index is 0. The number of halogens is 1. The summed E-state index contributed by atoms with van der Waals surface area (Å²) in [7, 11) is 0. The molecule has 0 saturated carbocycles. The highest BCUT2D eigenvalue weighted by Gasteiger charge is 2.14. The molecule has 5 nitrogen and oxygen atoms in total. The van der Waals surface area contributed by atoms with Gasteiger partial charge >= 0.3 is 0 Å². The molecule has 0 aliphatic carbocycles. The molecule has 6 heteroatoms. The standard InChI is InChI=1S/C16H22N4O.ClH/c1-12(17)8-9-18-16(21)15-10-19-20(13(15)2)11-14-6-4-3-5-7-14;/h3-7,10,12H,8-9,11,17H2,1-2H3,(H,18,21);1H. The molecule has 2 rings (SSSR count). The molecule has 0 bridgehead atoms. The Balaban J connectivity index is 0.00000242. The van der Waals surface area contributed by atoms with Gasteiger partial charge in [0, 0.05) is 18.3 Å². The van der Waals surface area contributed by atoms with Crippen molar-refractivity contribution < 1.29 is 4.79 Å². The molecule has 1 aromatic heterocycles. The number of hydrogen-bond donors (Lipinski definition) is 2. The van der Waals surface area contributed by atoms with E-state index in [1.165, 1.54) is 0 Å². The van der Waals surface area contributed by atoms with Crippen molar-refractivity contribution in [2.75, 3.05) is 6.54 Å². The van der Waals surface area contributed by atoms with E-state index in [0.717, 1.165) is 17.7 Å². The molecule has 1 aromatic carbocycles. The Bertz CT molecular complexity index is 595. The van der Waals surface area contributed by atoms with Gasteiger partial charge < -0.3 is 11.1 Å². The number of benzene rings is 1. The second-order valence-corrected chi connectivity index (χ2v) is 5.31. The fourth-order valence-electron chi connectivity index (χ4n) is 2.09. The van der Waals surface area contributed by atoms with Crippen molar-refractivity contribution in [2.45, 2.75) is 32.9 Å². The van der Waals surface area contributed by atoms with E-state index >= 15 is 0 Å². The third kappa shape index (κ3) is 4.86. The molecule has 3 N–H and O–H groups in total. The van der Waals surface area contributed by atoms with E-state index in [0.29, 0.717) is 18.7 Å². The Hall–Kier alpha value is -1.85. The average molecular weight is 323 g/mol. The largest absolute Gasteiger partial charge is 0.352 e. The first kappa shape index (κ1) is 18.2. The summed E-state index contributed by atoms with van der Waals surface area (Å²) in [5.74, 6) is -0.0903. The number of amides is 1. The number of nitrogens with one attached hydrogen (secondary N) is 1. The number of rotatable bonds is 6. The molecule has 0 radical (unpaired) electrons. The van der Waals surface area contributed by atoms with Crippen LogP contribution in [0.2, 0.25) is 0 Å². The summed E-state index contributed by atoms with van der Waals surface area (Å²) in [6, 6.07) is 10.2. The van der Waals surface area contributed by atoms with Gasteiger partial charge in [0.15, 0.2) is 0 Å². The van der Waals surface area contributed by atoms with Crippen molar-refractivity contribution in [1.82, 2.24) is 15.1 Å². The zero-order chi connectivity index (χ0) is 15.2. The molecule has 120 valence electrons. The number of aromatic nitrogens is 2. The molecule has 1 amide bonds. The molecule has 1 atom stereocenters. The van der Waals surface area contributed by atoms with Crippen molar-refractivity contribution >= 4 is 18.3 Å². The Morgan fingerprint density at radius 3 is 2.68 bits per heavy atom. The number of carbonyl (C=O) groups is 1. The molecule has 0 spiro atoms. The monoisotopic (exact) mass is 322 g/mol. The maximum Gasteiger partial charge on any atom is 0.254 e. The minimum atomic E-state index is -0.0903. The number of nitrogens with zero attached hydrogens (tertiary/aromatic N) is 2. The lowest BCUT2D eigenvalue weighted by Crippen LogP contribution is -2.29. The summed E-state index contributed by atoms with van der Waals surface area (Å²) < 4.78 is 1.84. The summed E-state index contributed by atoms with van der Waals surface area (Å²) >= 11 is 0. The molecular formula is C16H23ClN4O. The maximum absolute atomic E-state index is 12.1. The van der Waals surface area contributed by atoms with Crippen LogP contribution in [0.5, 0.6) is 0 Å². The van der Waals surface area contributed by atoms with E-state index in [2.05, 4.69) is 10.4 Å². The zero-order valence-electron chi connectivity index (χ0n) is 13.0. The summed E-state index contributed by atoms with van der Waals surface area (Å²) in [5.41, 5.74) is 8.32. The van der Waals surface area contributed by atoms with E-state index in [4.69, 9.17) is 5.73 Å². The number of carbonyl (C=O) groups excluding carboxylic acids is 1. The molecule has 0 aliphatic heterocycles. The van der Waals surface area contributed by atoms with Gasteiger partial charge in [-0.25, -0.2) is 0 Å². The second kappa shape index (κ2) is 8.56. The summed E-state index contributed by atoms with van der Waals surface area (Å²) in [6.07, 6.45) is 2.39. The van der Waals surface area contributed by atoms with Crippen LogP contribution in [0, 0.1) is 6.92 Å². The average Bonchev–Trinajstić information content (AvgIpc) is 2.81. The lowest BCUT2D eigenvalue weighted by Gasteiger charge is -2.08. The van der Waals surface area contributed by atoms with Gasteiger partial charge in [-0.15, -0.1) is 12.4 Å². The van der Waals surface area contributed by atoms with Crippen LogP contribution in [0.3, 0.4) is 0 Å². The summed E-state index contributed by atoms with van der Waals surface area (Å²) in [5, 5.41) is 7.18. The fourth-order valence-corrected chi connectivity index (χ4v) is 2.09. The van der Waals surface area contributed by atoms with Crippen molar-refractivity contribution in [1.29, 1.82) is 0 Å². The SMILES string of the molecule is Cc1c(C(=O)NCCC(C)N)cnn1Cc1ccccc1.Cl. The Morgan fingerprint density at radius 2 is 2.05 bits per heavy atom. The van der Waals surface area contributed by atoms with Crippen LogP contribution in [0.4, 0.5) is 0 Å². The van der Waals surface area contributed by atoms with Gasteiger partial charge in [-0.1, -0.05) is 30.3 Å². The van der Waals surface area contributed by atoms with E-state index < -0.39 is 0 Å². The number of hydrogen-bond acceptors (Lipinski definition) is 3. The molecular weight excluding hydrogens is 300 g/mol. The van der Waals surface area contributed by atoms with E-state index in [1.807, 2.05) is 48.9 Å². The van der Waals surface area contributed by atoms with Crippen LogP contribution in [0.15, 0.2) is 36.5 Å². The van der Waals surface area contributed by atoms with Crippen LogP contribution in [-0.2, 0) is 6.54 Å². The highest BCUT2D eigenvalue weighted by molar-refractivity contribution is 5.95. The first-order chi connectivity index (χ1) is 10.1. The van der Waals surface area contributed by atoms with Crippen molar-refractivity contribution in [3.63, 3.8) is 0 Å². The van der Waals surface area contributed by atoms with Gasteiger partial charge in [-0.05, 0) is 25.8 Å². The van der Waals surface area contributed by atoms with Gasteiger partial charge in [0.05, 0.1) is 18.3 Å². The summed E-state index contributed by atoms with van der Waals surface area (Å²) in [4.78, 5) is 12.1. The predicted octanol–water partition coefficient (Wildman–Crippen LogP) is 2.13. The third-order valence-corrected chi connectivity index (χ3v) is 3.41. The van der Waals surface area contributed by atoms with Gasteiger partial charge in [0.25, 0.3) is 5.91 Å². The normalized spacial score (nSPS) is 11.6. The quantitative estimate of drug-likeness (QED) is 0.855. The fraction of sp³-hybridized carbons (Fsp3) is 0.375. The zero-order valence-corrected chi connectivity index (χ0v) is 13.8. The van der Waals surface area contributed by atoms with E-state index in [1.54, 1.807) is 6.20 Å². The van der Waals surface area contributed by atoms with Gasteiger partial charge in [0.2, 0.25) is 0 Å². The van der Waals surface area contributed by atoms with Crippen LogP contribution >= 0.6 is 12.4 Å². The first-order valence-corrected chi connectivity index (χ1v) is 7.18. The summed E-state index contributed by atoms with van der Waals surface area (Å²) in [6.45, 7) is 5.09. The van der Waals surface area contributed by atoms with Gasteiger partial charge in [-0.2, -0.15) is 5.10 Å². The van der Waals surface area contributed by atoms with Gasteiger partial charge in [0.1, 0.15) is 0 Å². The third-order valence-electron chi connectivity index (χ3n) is 3.41. The molecule has 1 unspecified atom stereocenters. The van der Waals surface area contributed by atoms with Crippen LogP contribution < -0.4 is 11.1 Å². The lowest BCUT2D eigenvalue weighted by molar-refractivity contribution is 0.0952. The molecule has 1 heterocycles. The van der Waals surface area contributed by atoms with E-state index in [9.17, 15) is 4.79 Å². The Morgan fingerprint density at radius 1 is 1.36 bits per heavy atom. The predicted molar refractivity (Wildman–Crippen MR) is 90.4 cm³/mol. The molecule has 22 heavy (non-hydrogen) atoms. The molecule has 0 saturated heterocycles. The highest BCUT2D eigenvalue weighted by atomic mass is 35.5. The van der Waals surface area contributed by atoms with Gasteiger partial charge in [-0.3, -0.25) is 9.48 Å². The van der Waals surface area contributed by atoms with Crippen LogP contribution in [0.1, 0.15) is 35.0 Å². The molecule has 0 fully saturated rings. The van der Waals surface area contributed by atoms with Crippen LogP contribution in [-0.4, -0.2) is 28.3 Å². The minimum Gasteiger partial charge on any atom is -0.352 e. The van der Waals surface area contributed by atoms with E-state index in [-0.39, 0.29) is 24.4 Å².